The van der Waals surface area contributed by atoms with Gasteiger partial charge in [-0.2, -0.15) is 0 Å². The SMILES string of the molecule is CN=C(NCc1nnc2n1CCCC2)N1CCC2(CCCC2)C1. The summed E-state index contributed by atoms with van der Waals surface area (Å²) in [5.74, 6) is 3.23. The van der Waals surface area contributed by atoms with Crippen LogP contribution in [0.4, 0.5) is 0 Å². The fourth-order valence-corrected chi connectivity index (χ4v) is 4.64. The summed E-state index contributed by atoms with van der Waals surface area (Å²) in [4.78, 5) is 6.95. The molecule has 0 unspecified atom stereocenters. The molecule has 3 heterocycles. The molecule has 0 aromatic carbocycles. The maximum Gasteiger partial charge on any atom is 0.194 e. The zero-order chi connectivity index (χ0) is 15.7. The quantitative estimate of drug-likeness (QED) is 0.669. The van der Waals surface area contributed by atoms with E-state index in [1.165, 1.54) is 51.5 Å². The average Bonchev–Trinajstić information content (AvgIpc) is 3.30. The maximum absolute atomic E-state index is 4.51. The Labute approximate surface area is 138 Å². The molecule has 4 rings (SSSR count). The van der Waals surface area contributed by atoms with Crippen LogP contribution in [0.1, 0.15) is 56.6 Å². The van der Waals surface area contributed by atoms with Crippen molar-refractivity contribution in [3.05, 3.63) is 11.6 Å². The van der Waals surface area contributed by atoms with E-state index >= 15 is 0 Å². The highest BCUT2D eigenvalue weighted by atomic mass is 15.3. The maximum atomic E-state index is 4.51. The van der Waals surface area contributed by atoms with Crippen LogP contribution >= 0.6 is 0 Å². The van der Waals surface area contributed by atoms with Gasteiger partial charge in [0, 0.05) is 33.1 Å². The summed E-state index contributed by atoms with van der Waals surface area (Å²) in [7, 11) is 1.89. The summed E-state index contributed by atoms with van der Waals surface area (Å²) >= 11 is 0. The number of aliphatic imine (C=N–C) groups is 1. The zero-order valence-corrected chi connectivity index (χ0v) is 14.2. The second-order valence-electron chi connectivity index (χ2n) is 7.42. The third-order valence-electron chi connectivity index (χ3n) is 5.95. The zero-order valence-electron chi connectivity index (χ0n) is 14.2. The van der Waals surface area contributed by atoms with Crippen LogP contribution < -0.4 is 5.32 Å². The normalized spacial score (nSPS) is 23.5. The summed E-state index contributed by atoms with van der Waals surface area (Å²) in [5, 5.41) is 12.2. The van der Waals surface area contributed by atoms with Gasteiger partial charge >= 0.3 is 0 Å². The Morgan fingerprint density at radius 2 is 2.00 bits per heavy atom. The number of aryl methyl sites for hydroxylation is 1. The van der Waals surface area contributed by atoms with Crippen molar-refractivity contribution in [2.75, 3.05) is 20.1 Å². The molecule has 1 N–H and O–H groups in total. The van der Waals surface area contributed by atoms with Crippen LogP contribution in [0.3, 0.4) is 0 Å². The van der Waals surface area contributed by atoms with E-state index in [0.29, 0.717) is 5.41 Å². The fraction of sp³-hybridized carbons (Fsp3) is 0.824. The molecular weight excluding hydrogens is 288 g/mol. The highest BCUT2D eigenvalue weighted by molar-refractivity contribution is 5.80. The van der Waals surface area contributed by atoms with Gasteiger partial charge in [0.1, 0.15) is 5.82 Å². The first kappa shape index (κ1) is 15.0. The minimum atomic E-state index is 0.575. The van der Waals surface area contributed by atoms with E-state index in [4.69, 9.17) is 0 Å². The predicted octanol–water partition coefficient (Wildman–Crippen LogP) is 1.96. The van der Waals surface area contributed by atoms with Crippen LogP contribution in [0.25, 0.3) is 0 Å². The lowest BCUT2D eigenvalue weighted by atomic mass is 9.86. The van der Waals surface area contributed by atoms with Gasteiger partial charge in [0.15, 0.2) is 11.8 Å². The first-order valence-electron chi connectivity index (χ1n) is 9.16. The lowest BCUT2D eigenvalue weighted by Gasteiger charge is -2.26. The largest absolute Gasteiger partial charge is 0.349 e. The molecule has 1 aliphatic carbocycles. The molecule has 0 radical (unpaired) electrons. The Hall–Kier alpha value is -1.59. The van der Waals surface area contributed by atoms with Gasteiger partial charge < -0.3 is 14.8 Å². The molecule has 1 saturated heterocycles. The van der Waals surface area contributed by atoms with Crippen LogP contribution in [0.5, 0.6) is 0 Å². The van der Waals surface area contributed by atoms with Crippen molar-refractivity contribution < 1.29 is 0 Å². The van der Waals surface area contributed by atoms with Crippen LogP contribution in [0.2, 0.25) is 0 Å². The van der Waals surface area contributed by atoms with Crippen LogP contribution in [0.15, 0.2) is 4.99 Å². The molecule has 6 nitrogen and oxygen atoms in total. The molecule has 0 amide bonds. The Bertz CT molecular complexity index is 584. The summed E-state index contributed by atoms with van der Waals surface area (Å²) in [6.45, 7) is 4.09. The van der Waals surface area contributed by atoms with Gasteiger partial charge in [0.2, 0.25) is 0 Å². The minimum absolute atomic E-state index is 0.575. The van der Waals surface area contributed by atoms with Crippen molar-refractivity contribution in [3.8, 4) is 0 Å². The number of aromatic nitrogens is 3. The first-order valence-corrected chi connectivity index (χ1v) is 9.16. The Kier molecular flexibility index (Phi) is 3.99. The second kappa shape index (κ2) is 6.13. The molecule has 3 aliphatic rings. The molecule has 1 saturated carbocycles. The van der Waals surface area contributed by atoms with Gasteiger partial charge in [-0.1, -0.05) is 12.8 Å². The molecule has 6 heteroatoms. The average molecular weight is 316 g/mol. The van der Waals surface area contributed by atoms with Crippen LogP contribution in [-0.4, -0.2) is 45.8 Å². The van der Waals surface area contributed by atoms with E-state index in [9.17, 15) is 0 Å². The number of rotatable bonds is 2. The van der Waals surface area contributed by atoms with Crippen molar-refractivity contribution in [2.24, 2.45) is 10.4 Å². The standard InChI is InChI=1S/C17H28N6/c1-18-16(22-11-9-17(13-22)7-3-4-8-17)19-12-15-21-20-14-6-2-5-10-23(14)15/h2-13H2,1H3,(H,18,19). The number of hydrogen-bond acceptors (Lipinski definition) is 3. The van der Waals surface area contributed by atoms with Gasteiger partial charge in [-0.25, -0.2) is 0 Å². The number of likely N-dealkylation sites (tertiary alicyclic amines) is 1. The monoisotopic (exact) mass is 316 g/mol. The highest BCUT2D eigenvalue weighted by Crippen LogP contribution is 2.45. The molecule has 126 valence electrons. The molecule has 2 fully saturated rings. The molecule has 1 aromatic rings. The Morgan fingerprint density at radius 3 is 2.83 bits per heavy atom. The Balaban J connectivity index is 1.39. The molecule has 0 bridgehead atoms. The van der Waals surface area contributed by atoms with Crippen molar-refractivity contribution in [2.45, 2.75) is 64.5 Å². The molecular formula is C17H28N6. The number of fused-ring (bicyclic) bond motifs is 1. The fourth-order valence-electron chi connectivity index (χ4n) is 4.64. The highest BCUT2D eigenvalue weighted by Gasteiger charge is 2.41. The van der Waals surface area contributed by atoms with Gasteiger partial charge in [-0.3, -0.25) is 4.99 Å². The Morgan fingerprint density at radius 1 is 1.13 bits per heavy atom. The van der Waals surface area contributed by atoms with E-state index in [-0.39, 0.29) is 0 Å². The van der Waals surface area contributed by atoms with E-state index in [2.05, 4.69) is 30.0 Å². The summed E-state index contributed by atoms with van der Waals surface area (Å²) in [6, 6.07) is 0. The van der Waals surface area contributed by atoms with Crippen molar-refractivity contribution in [1.82, 2.24) is 25.0 Å². The van der Waals surface area contributed by atoms with Crippen LogP contribution in [-0.2, 0) is 19.5 Å². The molecule has 2 aliphatic heterocycles. The number of guanidine groups is 1. The molecule has 1 aromatic heterocycles. The smallest absolute Gasteiger partial charge is 0.194 e. The van der Waals surface area contributed by atoms with E-state index in [1.54, 1.807) is 0 Å². The topological polar surface area (TPSA) is 58.3 Å². The number of hydrogen-bond donors (Lipinski definition) is 1. The summed E-state index contributed by atoms with van der Waals surface area (Å²) in [6.07, 6.45) is 10.5. The predicted molar refractivity (Wildman–Crippen MR) is 90.2 cm³/mol. The third-order valence-corrected chi connectivity index (χ3v) is 5.95. The van der Waals surface area contributed by atoms with E-state index < -0.39 is 0 Å². The third kappa shape index (κ3) is 2.83. The molecule has 23 heavy (non-hydrogen) atoms. The molecule has 1 spiro atoms. The summed E-state index contributed by atoms with van der Waals surface area (Å²) in [5.41, 5.74) is 0.575. The van der Waals surface area contributed by atoms with Gasteiger partial charge in [-0.05, 0) is 37.5 Å². The van der Waals surface area contributed by atoms with Gasteiger partial charge in [-0.15, -0.1) is 10.2 Å². The van der Waals surface area contributed by atoms with Crippen LogP contribution in [0, 0.1) is 5.41 Å². The lowest BCUT2D eigenvalue weighted by molar-refractivity contribution is 0.309. The van der Waals surface area contributed by atoms with Crippen molar-refractivity contribution in [1.29, 1.82) is 0 Å². The van der Waals surface area contributed by atoms with E-state index in [1.807, 2.05) is 7.05 Å². The van der Waals surface area contributed by atoms with Crippen molar-refractivity contribution >= 4 is 5.96 Å². The minimum Gasteiger partial charge on any atom is -0.349 e. The number of nitrogens with one attached hydrogen (secondary N) is 1. The number of nitrogens with zero attached hydrogens (tertiary/aromatic N) is 5. The van der Waals surface area contributed by atoms with E-state index in [0.717, 1.165) is 43.7 Å². The molecule has 0 atom stereocenters. The summed E-state index contributed by atoms with van der Waals surface area (Å²) < 4.78 is 2.28. The van der Waals surface area contributed by atoms with Gasteiger partial charge in [0.25, 0.3) is 0 Å². The lowest BCUT2D eigenvalue weighted by Crippen LogP contribution is -2.41. The van der Waals surface area contributed by atoms with Gasteiger partial charge in [0.05, 0.1) is 6.54 Å². The second-order valence-corrected chi connectivity index (χ2v) is 7.42. The first-order chi connectivity index (χ1) is 11.3. The van der Waals surface area contributed by atoms with Crippen molar-refractivity contribution in [3.63, 3.8) is 0 Å².